The second-order valence-corrected chi connectivity index (χ2v) is 4.41. The van der Waals surface area contributed by atoms with Crippen LogP contribution in [0.5, 0.6) is 5.75 Å². The number of terminal acetylenes is 1. The van der Waals surface area contributed by atoms with Crippen molar-refractivity contribution in [1.82, 2.24) is 4.98 Å². The third-order valence-corrected chi connectivity index (χ3v) is 2.86. The van der Waals surface area contributed by atoms with Gasteiger partial charge in [0, 0.05) is 17.3 Å². The molecule has 0 atom stereocenters. The maximum absolute atomic E-state index is 5.52. The smallest absolute Gasteiger partial charge is 0.120 e. The number of aromatic amines is 1. The molecule has 2 rings (SSSR count). The van der Waals surface area contributed by atoms with Gasteiger partial charge in [-0.05, 0) is 37.4 Å². The van der Waals surface area contributed by atoms with Crippen molar-refractivity contribution in [2.75, 3.05) is 7.11 Å². The molecule has 0 saturated carbocycles. The van der Waals surface area contributed by atoms with Crippen LogP contribution in [0.4, 0.5) is 0 Å². The summed E-state index contributed by atoms with van der Waals surface area (Å²) >= 11 is 0. The summed E-state index contributed by atoms with van der Waals surface area (Å²) in [6, 6.07) is 8.05. The highest BCUT2D eigenvalue weighted by Crippen LogP contribution is 2.27. The topological polar surface area (TPSA) is 25.0 Å². The monoisotopic (exact) mass is 213 g/mol. The number of fused-ring (bicyclic) bond motifs is 1. The lowest BCUT2D eigenvalue weighted by atomic mass is 9.91. The highest BCUT2D eigenvalue weighted by Gasteiger charge is 2.19. The summed E-state index contributed by atoms with van der Waals surface area (Å²) in [7, 11) is 1.66. The normalized spacial score (nSPS) is 11.4. The number of benzene rings is 1. The third-order valence-electron chi connectivity index (χ3n) is 2.86. The van der Waals surface area contributed by atoms with E-state index in [1.807, 2.05) is 32.0 Å². The first kappa shape index (κ1) is 10.6. The van der Waals surface area contributed by atoms with Crippen molar-refractivity contribution >= 4 is 10.9 Å². The molecule has 0 aliphatic heterocycles. The molecule has 0 amide bonds. The van der Waals surface area contributed by atoms with Crippen LogP contribution >= 0.6 is 0 Å². The van der Waals surface area contributed by atoms with E-state index in [-0.39, 0.29) is 5.41 Å². The summed E-state index contributed by atoms with van der Waals surface area (Å²) < 4.78 is 5.18. The van der Waals surface area contributed by atoms with Gasteiger partial charge in [0.15, 0.2) is 0 Å². The molecule has 0 saturated heterocycles. The van der Waals surface area contributed by atoms with Gasteiger partial charge in [-0.15, -0.1) is 6.42 Å². The first-order valence-corrected chi connectivity index (χ1v) is 5.22. The van der Waals surface area contributed by atoms with Gasteiger partial charge >= 0.3 is 0 Å². The molecular weight excluding hydrogens is 198 g/mol. The highest BCUT2D eigenvalue weighted by atomic mass is 16.5. The van der Waals surface area contributed by atoms with Gasteiger partial charge in [-0.2, -0.15) is 0 Å². The molecule has 1 N–H and O–H groups in total. The van der Waals surface area contributed by atoms with Crippen LogP contribution in [0, 0.1) is 12.3 Å². The fourth-order valence-corrected chi connectivity index (χ4v) is 1.65. The van der Waals surface area contributed by atoms with Gasteiger partial charge in [-0.25, -0.2) is 0 Å². The van der Waals surface area contributed by atoms with Gasteiger partial charge in [-0.1, -0.05) is 5.92 Å². The summed E-state index contributed by atoms with van der Waals surface area (Å²) in [5, 5.41) is 1.15. The molecule has 1 aromatic heterocycles. The van der Waals surface area contributed by atoms with Crippen molar-refractivity contribution in [3.63, 3.8) is 0 Å². The van der Waals surface area contributed by atoms with E-state index in [4.69, 9.17) is 11.2 Å². The molecule has 0 fully saturated rings. The zero-order valence-corrected chi connectivity index (χ0v) is 9.79. The lowest BCUT2D eigenvalue weighted by Gasteiger charge is -2.14. The van der Waals surface area contributed by atoms with Crippen molar-refractivity contribution in [3.05, 3.63) is 30.0 Å². The Morgan fingerprint density at radius 3 is 2.69 bits per heavy atom. The number of nitrogens with one attached hydrogen (secondary N) is 1. The second-order valence-electron chi connectivity index (χ2n) is 4.41. The minimum Gasteiger partial charge on any atom is -0.497 e. The Hall–Kier alpha value is -1.88. The Morgan fingerprint density at radius 2 is 2.06 bits per heavy atom. The minimum absolute atomic E-state index is 0.272. The Labute approximate surface area is 95.6 Å². The predicted octanol–water partition coefficient (Wildman–Crippen LogP) is 3.09. The first-order chi connectivity index (χ1) is 7.56. The molecule has 0 radical (unpaired) electrons. The number of hydrogen-bond acceptors (Lipinski definition) is 1. The van der Waals surface area contributed by atoms with Gasteiger partial charge in [0.2, 0.25) is 0 Å². The Kier molecular flexibility index (Phi) is 2.40. The van der Waals surface area contributed by atoms with E-state index >= 15 is 0 Å². The summed E-state index contributed by atoms with van der Waals surface area (Å²) in [5.74, 6) is 3.63. The molecular formula is C14H15NO. The van der Waals surface area contributed by atoms with Crippen molar-refractivity contribution in [1.29, 1.82) is 0 Å². The van der Waals surface area contributed by atoms with Crippen LogP contribution in [-0.4, -0.2) is 12.1 Å². The number of aromatic nitrogens is 1. The van der Waals surface area contributed by atoms with Crippen LogP contribution in [0.3, 0.4) is 0 Å². The molecule has 1 heterocycles. The fourth-order valence-electron chi connectivity index (χ4n) is 1.65. The molecule has 2 nitrogen and oxygen atoms in total. The Morgan fingerprint density at radius 1 is 1.31 bits per heavy atom. The standard InChI is InChI=1S/C14H15NO/c1-5-14(2,3)13-8-10-6-7-11(16-4)9-12(10)15-13/h1,6-9,15H,2-4H3. The average molecular weight is 213 g/mol. The maximum Gasteiger partial charge on any atom is 0.120 e. The number of rotatable bonds is 2. The van der Waals surface area contributed by atoms with Crippen LogP contribution in [-0.2, 0) is 5.41 Å². The lowest BCUT2D eigenvalue weighted by Crippen LogP contribution is -2.13. The zero-order chi connectivity index (χ0) is 11.8. The van der Waals surface area contributed by atoms with Crippen LogP contribution in [0.15, 0.2) is 24.3 Å². The number of methoxy groups -OCH3 is 1. The zero-order valence-electron chi connectivity index (χ0n) is 9.79. The van der Waals surface area contributed by atoms with E-state index in [1.54, 1.807) is 7.11 Å². The molecule has 0 bridgehead atoms. The van der Waals surface area contributed by atoms with Gasteiger partial charge in [0.05, 0.1) is 12.5 Å². The molecule has 82 valence electrons. The van der Waals surface area contributed by atoms with E-state index in [0.717, 1.165) is 22.3 Å². The molecule has 0 aliphatic carbocycles. The van der Waals surface area contributed by atoms with Crippen LogP contribution < -0.4 is 4.74 Å². The minimum atomic E-state index is -0.272. The van der Waals surface area contributed by atoms with Crippen LogP contribution in [0.2, 0.25) is 0 Å². The number of ether oxygens (including phenoxy) is 1. The van der Waals surface area contributed by atoms with Crippen molar-refractivity contribution < 1.29 is 4.74 Å². The molecule has 2 heteroatoms. The van der Waals surface area contributed by atoms with Crippen molar-refractivity contribution in [3.8, 4) is 18.1 Å². The fraction of sp³-hybridized carbons (Fsp3) is 0.286. The molecule has 0 spiro atoms. The van der Waals surface area contributed by atoms with Gasteiger partial charge < -0.3 is 9.72 Å². The molecule has 0 unspecified atom stereocenters. The maximum atomic E-state index is 5.52. The van der Waals surface area contributed by atoms with E-state index in [9.17, 15) is 0 Å². The van der Waals surface area contributed by atoms with E-state index in [1.165, 1.54) is 0 Å². The number of H-pyrrole nitrogens is 1. The average Bonchev–Trinajstić information content (AvgIpc) is 2.72. The van der Waals surface area contributed by atoms with Gasteiger partial charge in [-0.3, -0.25) is 0 Å². The molecule has 0 aliphatic rings. The van der Waals surface area contributed by atoms with Gasteiger partial charge in [0.1, 0.15) is 5.75 Å². The quantitative estimate of drug-likeness (QED) is 0.762. The van der Waals surface area contributed by atoms with Crippen LogP contribution in [0.25, 0.3) is 10.9 Å². The van der Waals surface area contributed by atoms with E-state index in [0.29, 0.717) is 0 Å². The van der Waals surface area contributed by atoms with E-state index in [2.05, 4.69) is 17.0 Å². The van der Waals surface area contributed by atoms with Crippen molar-refractivity contribution in [2.45, 2.75) is 19.3 Å². The van der Waals surface area contributed by atoms with Crippen LogP contribution in [0.1, 0.15) is 19.5 Å². The van der Waals surface area contributed by atoms with Gasteiger partial charge in [0.25, 0.3) is 0 Å². The Bertz CT molecular complexity index is 558. The number of hydrogen-bond donors (Lipinski definition) is 1. The third kappa shape index (κ3) is 1.65. The SMILES string of the molecule is C#CC(C)(C)c1cc2ccc(OC)cc2[nH]1. The summed E-state index contributed by atoms with van der Waals surface area (Å²) in [6.45, 7) is 4.05. The summed E-state index contributed by atoms with van der Waals surface area (Å²) in [5.41, 5.74) is 1.84. The summed E-state index contributed by atoms with van der Waals surface area (Å²) in [4.78, 5) is 3.34. The molecule has 1 aromatic carbocycles. The molecule has 2 aromatic rings. The highest BCUT2D eigenvalue weighted by molar-refractivity contribution is 5.82. The van der Waals surface area contributed by atoms with E-state index < -0.39 is 0 Å². The molecule has 16 heavy (non-hydrogen) atoms. The first-order valence-electron chi connectivity index (χ1n) is 5.22. The Balaban J connectivity index is 2.57. The lowest BCUT2D eigenvalue weighted by molar-refractivity contribution is 0.415. The largest absolute Gasteiger partial charge is 0.497 e. The predicted molar refractivity (Wildman–Crippen MR) is 66.7 cm³/mol. The van der Waals surface area contributed by atoms with Crippen molar-refractivity contribution in [2.24, 2.45) is 0 Å². The summed E-state index contributed by atoms with van der Waals surface area (Å²) in [6.07, 6.45) is 5.52. The second kappa shape index (κ2) is 3.61.